The van der Waals surface area contributed by atoms with Crippen molar-refractivity contribution in [2.24, 2.45) is 0 Å². The lowest BCUT2D eigenvalue weighted by Crippen LogP contribution is -2.35. The number of amides is 1. The van der Waals surface area contributed by atoms with E-state index < -0.39 is 0 Å². The van der Waals surface area contributed by atoms with Gasteiger partial charge in [-0.1, -0.05) is 17.4 Å². The van der Waals surface area contributed by atoms with Gasteiger partial charge in [-0.05, 0) is 12.8 Å². The van der Waals surface area contributed by atoms with Crippen molar-refractivity contribution in [1.29, 1.82) is 0 Å². The van der Waals surface area contributed by atoms with Gasteiger partial charge in [-0.3, -0.25) is 4.79 Å². The molecule has 1 aromatic rings. The van der Waals surface area contributed by atoms with Crippen molar-refractivity contribution in [3.63, 3.8) is 0 Å². The van der Waals surface area contributed by atoms with Crippen molar-refractivity contribution in [2.45, 2.75) is 18.9 Å². The summed E-state index contributed by atoms with van der Waals surface area (Å²) in [6, 6.07) is 0.302. The van der Waals surface area contributed by atoms with Crippen LogP contribution in [0.25, 0.3) is 0 Å². The fourth-order valence-electron chi connectivity index (χ4n) is 1.70. The van der Waals surface area contributed by atoms with Crippen LogP contribution in [-0.4, -0.2) is 46.6 Å². The van der Waals surface area contributed by atoms with Crippen molar-refractivity contribution < 1.29 is 9.90 Å². The molecular weight excluding hydrogens is 250 g/mol. The molecule has 0 unspecified atom stereocenters. The van der Waals surface area contributed by atoms with Crippen molar-refractivity contribution in [3.8, 4) is 0 Å². The molecule has 98 valence electrons. The van der Waals surface area contributed by atoms with Gasteiger partial charge in [-0.25, -0.2) is 4.98 Å². The zero-order chi connectivity index (χ0) is 13.0. The summed E-state index contributed by atoms with van der Waals surface area (Å²) in [5.41, 5.74) is 0. The molecule has 0 saturated heterocycles. The molecule has 1 aromatic heterocycles. The molecule has 0 aliphatic heterocycles. The van der Waals surface area contributed by atoms with Crippen molar-refractivity contribution in [1.82, 2.24) is 9.88 Å². The highest BCUT2D eigenvalue weighted by Crippen LogP contribution is 2.29. The van der Waals surface area contributed by atoms with E-state index in [4.69, 9.17) is 5.11 Å². The molecule has 6 heteroatoms. The first-order valence-electron chi connectivity index (χ1n) is 5.98. The normalized spacial score (nSPS) is 14.3. The SMILES string of the molecule is C=CCNc1ncc(C(=O)N(CCO)C2CC2)s1. The van der Waals surface area contributed by atoms with Gasteiger partial charge in [-0.15, -0.1) is 6.58 Å². The monoisotopic (exact) mass is 267 g/mol. The Hall–Kier alpha value is -1.40. The van der Waals surface area contributed by atoms with Gasteiger partial charge in [0.25, 0.3) is 5.91 Å². The van der Waals surface area contributed by atoms with Gasteiger partial charge in [0.15, 0.2) is 5.13 Å². The molecule has 1 aliphatic rings. The van der Waals surface area contributed by atoms with E-state index in [1.807, 2.05) is 0 Å². The molecule has 0 spiro atoms. The number of nitrogens with one attached hydrogen (secondary N) is 1. The third-order valence-electron chi connectivity index (χ3n) is 2.70. The Morgan fingerprint density at radius 2 is 2.50 bits per heavy atom. The minimum atomic E-state index is -0.0318. The van der Waals surface area contributed by atoms with Crippen LogP contribution < -0.4 is 5.32 Å². The Balaban J connectivity index is 2.02. The van der Waals surface area contributed by atoms with Crippen LogP contribution in [0.5, 0.6) is 0 Å². The van der Waals surface area contributed by atoms with Crippen molar-refractivity contribution in [3.05, 3.63) is 23.7 Å². The van der Waals surface area contributed by atoms with Crippen LogP contribution in [0.15, 0.2) is 18.9 Å². The summed E-state index contributed by atoms with van der Waals surface area (Å²) in [5.74, 6) is -0.0318. The van der Waals surface area contributed by atoms with Gasteiger partial charge in [0, 0.05) is 19.1 Å². The van der Waals surface area contributed by atoms with Crippen LogP contribution in [-0.2, 0) is 0 Å². The second-order valence-corrected chi connectivity index (χ2v) is 5.18. The Morgan fingerprint density at radius 3 is 3.11 bits per heavy atom. The lowest BCUT2D eigenvalue weighted by Gasteiger charge is -2.20. The molecule has 1 heterocycles. The number of hydrogen-bond acceptors (Lipinski definition) is 5. The molecule has 1 aliphatic carbocycles. The van der Waals surface area contributed by atoms with E-state index in [-0.39, 0.29) is 12.5 Å². The second-order valence-electron chi connectivity index (χ2n) is 4.15. The quantitative estimate of drug-likeness (QED) is 0.732. The van der Waals surface area contributed by atoms with E-state index >= 15 is 0 Å². The molecule has 0 bridgehead atoms. The highest BCUT2D eigenvalue weighted by Gasteiger charge is 2.33. The number of anilines is 1. The number of nitrogens with zero attached hydrogens (tertiary/aromatic N) is 2. The molecule has 2 N–H and O–H groups in total. The zero-order valence-electron chi connectivity index (χ0n) is 10.1. The first-order valence-corrected chi connectivity index (χ1v) is 6.80. The summed E-state index contributed by atoms with van der Waals surface area (Å²) in [7, 11) is 0. The van der Waals surface area contributed by atoms with Crippen LogP contribution in [0, 0.1) is 0 Å². The number of hydrogen-bond donors (Lipinski definition) is 2. The number of carbonyl (C=O) groups excluding carboxylic acids is 1. The molecule has 1 amide bonds. The third-order valence-corrected chi connectivity index (χ3v) is 3.65. The van der Waals surface area contributed by atoms with Gasteiger partial charge in [-0.2, -0.15) is 0 Å². The largest absolute Gasteiger partial charge is 0.395 e. The van der Waals surface area contributed by atoms with Crippen LogP contribution in [0.4, 0.5) is 5.13 Å². The average molecular weight is 267 g/mol. The first-order chi connectivity index (χ1) is 8.76. The molecule has 0 radical (unpaired) electrons. The summed E-state index contributed by atoms with van der Waals surface area (Å²) in [5, 5.41) is 12.8. The maximum absolute atomic E-state index is 12.2. The van der Waals surface area contributed by atoms with Crippen LogP contribution in [0.2, 0.25) is 0 Å². The highest BCUT2D eigenvalue weighted by atomic mass is 32.1. The van der Waals surface area contributed by atoms with E-state index in [1.54, 1.807) is 17.2 Å². The number of thiazole rings is 1. The van der Waals surface area contributed by atoms with E-state index in [1.165, 1.54) is 11.3 Å². The van der Waals surface area contributed by atoms with Gasteiger partial charge in [0.2, 0.25) is 0 Å². The number of rotatable bonds is 7. The Labute approximate surface area is 110 Å². The van der Waals surface area contributed by atoms with Crippen LogP contribution in [0.1, 0.15) is 22.5 Å². The molecule has 0 aromatic carbocycles. The fraction of sp³-hybridized carbons (Fsp3) is 0.500. The summed E-state index contributed by atoms with van der Waals surface area (Å²) in [4.78, 5) is 18.7. The standard InChI is InChI=1S/C12H17N3O2S/c1-2-5-13-12-14-8-10(18-12)11(17)15(6-7-16)9-3-4-9/h2,8-9,16H,1,3-7H2,(H,13,14). The van der Waals surface area contributed by atoms with E-state index in [9.17, 15) is 4.79 Å². The van der Waals surface area contributed by atoms with Crippen LogP contribution >= 0.6 is 11.3 Å². The molecule has 5 nitrogen and oxygen atoms in total. The summed E-state index contributed by atoms with van der Waals surface area (Å²) >= 11 is 1.34. The van der Waals surface area contributed by atoms with Crippen LogP contribution in [0.3, 0.4) is 0 Å². The minimum absolute atomic E-state index is 0.00259. The molecule has 1 fully saturated rings. The van der Waals surface area contributed by atoms with E-state index in [2.05, 4.69) is 16.9 Å². The predicted molar refractivity (Wildman–Crippen MR) is 71.9 cm³/mol. The topological polar surface area (TPSA) is 65.5 Å². The van der Waals surface area contributed by atoms with E-state index in [0.717, 1.165) is 18.0 Å². The summed E-state index contributed by atoms with van der Waals surface area (Å²) in [6.45, 7) is 4.64. The molecule has 2 rings (SSSR count). The second kappa shape index (κ2) is 5.97. The first kappa shape index (κ1) is 13.0. The molecule has 0 atom stereocenters. The lowest BCUT2D eigenvalue weighted by atomic mass is 10.4. The zero-order valence-corrected chi connectivity index (χ0v) is 10.9. The average Bonchev–Trinajstić information content (AvgIpc) is 3.11. The minimum Gasteiger partial charge on any atom is -0.395 e. The van der Waals surface area contributed by atoms with Gasteiger partial charge in [0.1, 0.15) is 4.88 Å². The number of carbonyl (C=O) groups is 1. The number of aromatic nitrogens is 1. The highest BCUT2D eigenvalue weighted by molar-refractivity contribution is 7.17. The Bertz CT molecular complexity index is 429. The Morgan fingerprint density at radius 1 is 1.72 bits per heavy atom. The fourth-order valence-corrected chi connectivity index (χ4v) is 2.48. The maximum Gasteiger partial charge on any atom is 0.265 e. The Kier molecular flexibility index (Phi) is 4.33. The number of aliphatic hydroxyl groups excluding tert-OH is 1. The van der Waals surface area contributed by atoms with Gasteiger partial charge in [0.05, 0.1) is 12.8 Å². The number of aliphatic hydroxyl groups is 1. The van der Waals surface area contributed by atoms with Gasteiger partial charge >= 0.3 is 0 Å². The van der Waals surface area contributed by atoms with Crippen molar-refractivity contribution >= 4 is 22.4 Å². The molecular formula is C12H17N3O2S. The molecule has 18 heavy (non-hydrogen) atoms. The van der Waals surface area contributed by atoms with Crippen molar-refractivity contribution in [2.75, 3.05) is 25.0 Å². The predicted octanol–water partition coefficient (Wildman–Crippen LogP) is 1.34. The summed E-state index contributed by atoms with van der Waals surface area (Å²) in [6.07, 6.45) is 5.40. The molecule has 1 saturated carbocycles. The van der Waals surface area contributed by atoms with E-state index in [0.29, 0.717) is 24.0 Å². The summed E-state index contributed by atoms with van der Waals surface area (Å²) < 4.78 is 0. The third kappa shape index (κ3) is 3.08. The van der Waals surface area contributed by atoms with Gasteiger partial charge < -0.3 is 15.3 Å². The lowest BCUT2D eigenvalue weighted by molar-refractivity contribution is 0.0712. The smallest absolute Gasteiger partial charge is 0.265 e. The maximum atomic E-state index is 12.2.